The van der Waals surface area contributed by atoms with Crippen molar-refractivity contribution in [1.82, 2.24) is 9.80 Å². The van der Waals surface area contributed by atoms with Crippen LogP contribution >= 0.6 is 0 Å². The van der Waals surface area contributed by atoms with Crippen LogP contribution in [0, 0.1) is 11.6 Å². The molecule has 0 spiro atoms. The molecule has 2 fully saturated rings. The van der Waals surface area contributed by atoms with Crippen molar-refractivity contribution in [2.75, 3.05) is 19.6 Å². The minimum atomic E-state index is -0.430. The fourth-order valence-corrected chi connectivity index (χ4v) is 3.35. The van der Waals surface area contributed by atoms with Crippen LogP contribution in [0.1, 0.15) is 25.3 Å². The molecule has 0 unspecified atom stereocenters. The van der Waals surface area contributed by atoms with Gasteiger partial charge in [0.05, 0.1) is 0 Å². The van der Waals surface area contributed by atoms with E-state index in [1.165, 1.54) is 37.6 Å². The van der Waals surface area contributed by atoms with Gasteiger partial charge in [-0.25, -0.2) is 8.78 Å². The van der Waals surface area contributed by atoms with E-state index in [1.807, 2.05) is 0 Å². The summed E-state index contributed by atoms with van der Waals surface area (Å²) in [5, 5.41) is 0. The number of halogens is 2. The molecule has 0 amide bonds. The third-order valence-corrected chi connectivity index (χ3v) is 4.49. The van der Waals surface area contributed by atoms with Crippen molar-refractivity contribution in [3.8, 4) is 0 Å². The highest BCUT2D eigenvalue weighted by atomic mass is 19.1. The van der Waals surface area contributed by atoms with E-state index in [-0.39, 0.29) is 5.56 Å². The van der Waals surface area contributed by atoms with Crippen LogP contribution in [0.15, 0.2) is 18.2 Å². The average molecular weight is 266 g/mol. The van der Waals surface area contributed by atoms with Crippen LogP contribution < -0.4 is 0 Å². The minimum absolute atomic E-state index is 0.209. The molecule has 104 valence electrons. The molecule has 1 aromatic rings. The number of benzene rings is 1. The molecule has 2 aliphatic heterocycles. The number of nitrogens with zero attached hydrogens (tertiary/aromatic N) is 2. The predicted molar refractivity (Wildman–Crippen MR) is 70.8 cm³/mol. The fraction of sp³-hybridized carbons (Fsp3) is 0.600. The predicted octanol–water partition coefficient (Wildman–Crippen LogP) is 2.63. The molecule has 2 nitrogen and oxygen atoms in total. The molecule has 2 heterocycles. The molecule has 0 bridgehead atoms. The second kappa shape index (κ2) is 5.17. The lowest BCUT2D eigenvalue weighted by atomic mass is 10.1. The summed E-state index contributed by atoms with van der Waals surface area (Å²) in [6.45, 7) is 5.64. The van der Waals surface area contributed by atoms with Crippen LogP contribution in [0.3, 0.4) is 0 Å². The van der Waals surface area contributed by atoms with Gasteiger partial charge in [0.2, 0.25) is 0 Å². The largest absolute Gasteiger partial charge is 0.298 e. The van der Waals surface area contributed by atoms with Gasteiger partial charge >= 0.3 is 0 Å². The Labute approximate surface area is 113 Å². The first-order valence-corrected chi connectivity index (χ1v) is 7.06. The van der Waals surface area contributed by atoms with Crippen LogP contribution in [0.2, 0.25) is 0 Å². The lowest BCUT2D eigenvalue weighted by molar-refractivity contribution is 0.0525. The summed E-state index contributed by atoms with van der Waals surface area (Å²) in [5.74, 6) is -0.859. The Balaban J connectivity index is 1.75. The van der Waals surface area contributed by atoms with Gasteiger partial charge in [0, 0.05) is 37.3 Å². The molecule has 0 radical (unpaired) electrons. The zero-order valence-corrected chi connectivity index (χ0v) is 11.3. The van der Waals surface area contributed by atoms with Gasteiger partial charge in [0.25, 0.3) is 0 Å². The molecular formula is C15H20F2N2. The van der Waals surface area contributed by atoms with Gasteiger partial charge in [-0.15, -0.1) is 0 Å². The SMILES string of the molecule is C[C@H]1CN2CCC[C@H]2CN1Cc1c(F)cccc1F. The van der Waals surface area contributed by atoms with Crippen LogP contribution in [-0.4, -0.2) is 41.5 Å². The van der Waals surface area contributed by atoms with Gasteiger partial charge in [0.15, 0.2) is 0 Å². The molecule has 0 N–H and O–H groups in total. The van der Waals surface area contributed by atoms with E-state index in [0.29, 0.717) is 18.6 Å². The maximum absolute atomic E-state index is 13.7. The summed E-state index contributed by atoms with van der Waals surface area (Å²) >= 11 is 0. The van der Waals surface area contributed by atoms with E-state index < -0.39 is 11.6 Å². The fourth-order valence-electron chi connectivity index (χ4n) is 3.35. The molecule has 2 aliphatic rings. The Kier molecular flexibility index (Phi) is 3.54. The van der Waals surface area contributed by atoms with Crippen molar-refractivity contribution in [1.29, 1.82) is 0 Å². The summed E-state index contributed by atoms with van der Waals surface area (Å²) < 4.78 is 27.4. The van der Waals surface area contributed by atoms with E-state index in [2.05, 4.69) is 16.7 Å². The number of fused-ring (bicyclic) bond motifs is 1. The van der Waals surface area contributed by atoms with Gasteiger partial charge in [0.1, 0.15) is 11.6 Å². The Hall–Kier alpha value is -1.00. The first-order valence-electron chi connectivity index (χ1n) is 7.06. The third-order valence-electron chi connectivity index (χ3n) is 4.49. The van der Waals surface area contributed by atoms with Crippen molar-refractivity contribution in [3.63, 3.8) is 0 Å². The number of piperazine rings is 1. The molecule has 2 atom stereocenters. The van der Waals surface area contributed by atoms with Crippen LogP contribution in [-0.2, 0) is 6.54 Å². The standard InChI is InChI=1S/C15H20F2N2/c1-11-8-18-7-3-4-12(18)9-19(11)10-13-14(16)5-2-6-15(13)17/h2,5-6,11-12H,3-4,7-10H2,1H3/t11-,12-/m0/s1. The smallest absolute Gasteiger partial charge is 0.130 e. The molecule has 4 heteroatoms. The lowest BCUT2D eigenvalue weighted by Crippen LogP contribution is -2.54. The molecule has 0 saturated carbocycles. The highest BCUT2D eigenvalue weighted by Gasteiger charge is 2.34. The van der Waals surface area contributed by atoms with E-state index in [9.17, 15) is 8.78 Å². The Morgan fingerprint density at radius 2 is 1.95 bits per heavy atom. The minimum Gasteiger partial charge on any atom is -0.298 e. The summed E-state index contributed by atoms with van der Waals surface area (Å²) in [6.07, 6.45) is 2.46. The summed E-state index contributed by atoms with van der Waals surface area (Å²) in [7, 11) is 0. The van der Waals surface area contributed by atoms with Crippen LogP contribution in [0.5, 0.6) is 0 Å². The highest BCUT2D eigenvalue weighted by molar-refractivity contribution is 5.19. The lowest BCUT2D eigenvalue weighted by Gasteiger charge is -2.42. The normalized spacial score (nSPS) is 28.6. The number of hydrogen-bond acceptors (Lipinski definition) is 2. The summed E-state index contributed by atoms with van der Waals surface area (Å²) in [4.78, 5) is 4.73. The van der Waals surface area contributed by atoms with E-state index in [4.69, 9.17) is 0 Å². The zero-order valence-electron chi connectivity index (χ0n) is 11.3. The maximum Gasteiger partial charge on any atom is 0.130 e. The summed E-state index contributed by atoms with van der Waals surface area (Å²) in [6, 6.07) is 5.04. The van der Waals surface area contributed by atoms with Gasteiger partial charge in [-0.05, 0) is 38.4 Å². The van der Waals surface area contributed by atoms with Gasteiger partial charge < -0.3 is 0 Å². The van der Waals surface area contributed by atoms with Crippen molar-refractivity contribution >= 4 is 0 Å². The number of hydrogen-bond donors (Lipinski definition) is 0. The van der Waals surface area contributed by atoms with Crippen LogP contribution in [0.25, 0.3) is 0 Å². The van der Waals surface area contributed by atoms with Crippen molar-refractivity contribution in [2.24, 2.45) is 0 Å². The van der Waals surface area contributed by atoms with E-state index >= 15 is 0 Å². The van der Waals surface area contributed by atoms with E-state index in [0.717, 1.165) is 13.1 Å². The molecule has 2 saturated heterocycles. The molecular weight excluding hydrogens is 246 g/mol. The molecule has 3 rings (SSSR count). The second-order valence-corrected chi connectivity index (χ2v) is 5.77. The second-order valence-electron chi connectivity index (χ2n) is 5.77. The quantitative estimate of drug-likeness (QED) is 0.812. The molecule has 1 aromatic carbocycles. The van der Waals surface area contributed by atoms with Gasteiger partial charge in [-0.2, -0.15) is 0 Å². The van der Waals surface area contributed by atoms with Crippen molar-refractivity contribution in [2.45, 2.75) is 38.4 Å². The Morgan fingerprint density at radius 1 is 1.21 bits per heavy atom. The molecule has 0 aromatic heterocycles. The van der Waals surface area contributed by atoms with Gasteiger partial charge in [-0.1, -0.05) is 6.07 Å². The topological polar surface area (TPSA) is 6.48 Å². The van der Waals surface area contributed by atoms with Crippen molar-refractivity contribution < 1.29 is 8.78 Å². The van der Waals surface area contributed by atoms with Gasteiger partial charge in [-0.3, -0.25) is 9.80 Å². The number of rotatable bonds is 2. The Morgan fingerprint density at radius 3 is 2.68 bits per heavy atom. The molecule has 0 aliphatic carbocycles. The first-order chi connectivity index (χ1) is 9.15. The monoisotopic (exact) mass is 266 g/mol. The first kappa shape index (κ1) is 13.0. The summed E-state index contributed by atoms with van der Waals surface area (Å²) in [5.41, 5.74) is 0.209. The molecule has 19 heavy (non-hydrogen) atoms. The third kappa shape index (κ3) is 2.51. The maximum atomic E-state index is 13.7. The Bertz CT molecular complexity index is 443. The average Bonchev–Trinajstić information content (AvgIpc) is 2.81. The van der Waals surface area contributed by atoms with Crippen molar-refractivity contribution in [3.05, 3.63) is 35.4 Å². The van der Waals surface area contributed by atoms with E-state index in [1.54, 1.807) is 0 Å². The zero-order chi connectivity index (χ0) is 13.4. The van der Waals surface area contributed by atoms with Crippen LogP contribution in [0.4, 0.5) is 8.78 Å². The highest BCUT2D eigenvalue weighted by Crippen LogP contribution is 2.26.